The molecule has 1 aliphatic carbocycles. The summed E-state index contributed by atoms with van der Waals surface area (Å²) in [6.45, 7) is 3.94. The maximum absolute atomic E-state index is 11.2. The Labute approximate surface area is 78.7 Å². The Kier molecular flexibility index (Phi) is 3.05. The molecule has 0 bridgehead atoms. The average Bonchev–Trinajstić information content (AvgIpc) is 1.82. The fourth-order valence-electron chi connectivity index (χ4n) is 2.21. The van der Waals surface area contributed by atoms with Gasteiger partial charge in [-0.25, -0.2) is 8.42 Å². The molecular formula is C8H15ClO2S. The minimum absolute atomic E-state index is 0.219. The van der Waals surface area contributed by atoms with Gasteiger partial charge >= 0.3 is 0 Å². The van der Waals surface area contributed by atoms with Gasteiger partial charge in [-0.3, -0.25) is 0 Å². The molecule has 0 aromatic heterocycles. The summed E-state index contributed by atoms with van der Waals surface area (Å²) in [6.07, 6.45) is 3.10. The summed E-state index contributed by atoms with van der Waals surface area (Å²) in [6, 6.07) is 0. The molecule has 72 valence electrons. The van der Waals surface area contributed by atoms with Crippen LogP contribution < -0.4 is 0 Å². The highest BCUT2D eigenvalue weighted by Crippen LogP contribution is 2.35. The Hall–Kier alpha value is 0.240. The van der Waals surface area contributed by atoms with Crippen LogP contribution in [-0.4, -0.2) is 13.7 Å². The molecule has 2 atom stereocenters. The maximum atomic E-state index is 11.2. The second-order valence-corrected chi connectivity index (χ2v) is 6.61. The zero-order valence-electron chi connectivity index (χ0n) is 7.46. The largest absolute Gasteiger partial charge is 0.235 e. The Morgan fingerprint density at radius 3 is 1.83 bits per heavy atom. The van der Waals surface area contributed by atoms with Crippen molar-refractivity contribution < 1.29 is 8.42 Å². The highest BCUT2D eigenvalue weighted by atomic mass is 35.7. The van der Waals surface area contributed by atoms with Crippen LogP contribution in [0, 0.1) is 11.8 Å². The molecule has 0 aromatic carbocycles. The van der Waals surface area contributed by atoms with Gasteiger partial charge in [-0.15, -0.1) is 0 Å². The normalized spacial score (nSPS) is 38.1. The van der Waals surface area contributed by atoms with Crippen molar-refractivity contribution in [1.82, 2.24) is 0 Å². The first-order valence-corrected chi connectivity index (χ1v) is 6.73. The molecule has 0 spiro atoms. The topological polar surface area (TPSA) is 34.1 Å². The van der Waals surface area contributed by atoms with Gasteiger partial charge in [-0.1, -0.05) is 20.3 Å². The van der Waals surface area contributed by atoms with Gasteiger partial charge in [0.1, 0.15) is 0 Å². The Morgan fingerprint density at radius 2 is 1.58 bits per heavy atom. The molecule has 2 nitrogen and oxygen atoms in total. The summed E-state index contributed by atoms with van der Waals surface area (Å²) in [5, 5.41) is -0.326. The van der Waals surface area contributed by atoms with E-state index in [9.17, 15) is 8.42 Å². The van der Waals surface area contributed by atoms with E-state index in [1.165, 1.54) is 0 Å². The molecule has 1 aliphatic rings. The molecule has 0 heterocycles. The molecule has 2 unspecified atom stereocenters. The number of hydrogen-bond acceptors (Lipinski definition) is 2. The number of hydrogen-bond donors (Lipinski definition) is 0. The van der Waals surface area contributed by atoms with E-state index < -0.39 is 9.05 Å². The van der Waals surface area contributed by atoms with E-state index in [0.717, 1.165) is 19.3 Å². The van der Waals surface area contributed by atoms with Gasteiger partial charge in [0, 0.05) is 10.7 Å². The van der Waals surface area contributed by atoms with Crippen LogP contribution in [0.5, 0.6) is 0 Å². The molecule has 4 heteroatoms. The molecule has 1 rings (SSSR count). The molecular weight excluding hydrogens is 196 g/mol. The fraction of sp³-hybridized carbons (Fsp3) is 1.00. The predicted molar refractivity (Wildman–Crippen MR) is 50.7 cm³/mol. The van der Waals surface area contributed by atoms with E-state index in [1.54, 1.807) is 0 Å². The number of halogens is 1. The van der Waals surface area contributed by atoms with E-state index in [0.29, 0.717) is 0 Å². The van der Waals surface area contributed by atoms with Crippen LogP contribution in [0.15, 0.2) is 0 Å². The van der Waals surface area contributed by atoms with E-state index in [4.69, 9.17) is 10.7 Å². The molecule has 12 heavy (non-hydrogen) atoms. The molecule has 0 N–H and O–H groups in total. The molecule has 0 saturated heterocycles. The summed E-state index contributed by atoms with van der Waals surface area (Å²) < 4.78 is 22.3. The zero-order valence-corrected chi connectivity index (χ0v) is 9.03. The third kappa shape index (κ3) is 2.13. The van der Waals surface area contributed by atoms with Gasteiger partial charge in [0.2, 0.25) is 9.05 Å². The second-order valence-electron chi connectivity index (χ2n) is 3.83. The predicted octanol–water partition coefficient (Wildman–Crippen LogP) is 2.38. The minimum atomic E-state index is -3.35. The first-order chi connectivity index (χ1) is 5.43. The van der Waals surface area contributed by atoms with Crippen molar-refractivity contribution in [2.75, 3.05) is 0 Å². The first kappa shape index (κ1) is 10.3. The van der Waals surface area contributed by atoms with E-state index in [2.05, 4.69) is 0 Å². The lowest BCUT2D eigenvalue weighted by Gasteiger charge is -2.31. The van der Waals surface area contributed by atoms with E-state index in [-0.39, 0.29) is 17.1 Å². The van der Waals surface area contributed by atoms with Crippen molar-refractivity contribution in [3.63, 3.8) is 0 Å². The molecule has 1 saturated carbocycles. The van der Waals surface area contributed by atoms with Gasteiger partial charge < -0.3 is 0 Å². The average molecular weight is 211 g/mol. The van der Waals surface area contributed by atoms with Crippen LogP contribution in [0.3, 0.4) is 0 Å². The van der Waals surface area contributed by atoms with E-state index >= 15 is 0 Å². The Morgan fingerprint density at radius 1 is 1.17 bits per heavy atom. The molecule has 0 aliphatic heterocycles. The van der Waals surface area contributed by atoms with Gasteiger partial charge in [-0.2, -0.15) is 0 Å². The van der Waals surface area contributed by atoms with Crippen molar-refractivity contribution in [2.24, 2.45) is 11.8 Å². The molecule has 1 fully saturated rings. The maximum Gasteiger partial charge on any atom is 0.235 e. The quantitative estimate of drug-likeness (QED) is 0.623. The van der Waals surface area contributed by atoms with Gasteiger partial charge in [-0.05, 0) is 24.7 Å². The summed E-state index contributed by atoms with van der Waals surface area (Å²) in [5.41, 5.74) is 0. The SMILES string of the molecule is CC1CCCC(C)C1S(=O)(=O)Cl. The molecule has 0 aromatic rings. The van der Waals surface area contributed by atoms with Crippen molar-refractivity contribution in [2.45, 2.75) is 38.4 Å². The van der Waals surface area contributed by atoms with Crippen LogP contribution in [0.1, 0.15) is 33.1 Å². The third-order valence-corrected chi connectivity index (χ3v) is 4.96. The van der Waals surface area contributed by atoms with Gasteiger partial charge in [0.25, 0.3) is 0 Å². The van der Waals surface area contributed by atoms with Crippen molar-refractivity contribution in [1.29, 1.82) is 0 Å². The van der Waals surface area contributed by atoms with Crippen LogP contribution >= 0.6 is 10.7 Å². The molecule has 0 radical (unpaired) electrons. The lowest BCUT2D eigenvalue weighted by molar-refractivity contribution is 0.304. The highest BCUT2D eigenvalue weighted by molar-refractivity contribution is 8.14. The monoisotopic (exact) mass is 210 g/mol. The first-order valence-electron chi connectivity index (χ1n) is 4.36. The summed E-state index contributed by atoms with van der Waals surface area (Å²) >= 11 is 0. The van der Waals surface area contributed by atoms with Gasteiger partial charge in [0.15, 0.2) is 0 Å². The van der Waals surface area contributed by atoms with Crippen molar-refractivity contribution in [3.05, 3.63) is 0 Å². The standard InChI is InChI=1S/C8H15ClO2S/c1-6-4-3-5-7(2)8(6)12(9,10)11/h6-8H,3-5H2,1-2H3. The van der Waals surface area contributed by atoms with E-state index in [1.807, 2.05) is 13.8 Å². The second kappa shape index (κ2) is 3.54. The smallest absolute Gasteiger partial charge is 0.212 e. The van der Waals surface area contributed by atoms with Crippen molar-refractivity contribution in [3.8, 4) is 0 Å². The lowest BCUT2D eigenvalue weighted by atomic mass is 9.83. The highest BCUT2D eigenvalue weighted by Gasteiger charge is 2.36. The zero-order chi connectivity index (χ0) is 9.35. The summed E-state index contributed by atoms with van der Waals surface area (Å²) in [5.74, 6) is 0.437. The summed E-state index contributed by atoms with van der Waals surface area (Å²) in [4.78, 5) is 0. The lowest BCUT2D eigenvalue weighted by Crippen LogP contribution is -2.34. The minimum Gasteiger partial charge on any atom is -0.212 e. The Balaban J connectivity index is 2.84. The van der Waals surface area contributed by atoms with Crippen LogP contribution in [0.4, 0.5) is 0 Å². The van der Waals surface area contributed by atoms with Crippen molar-refractivity contribution >= 4 is 19.7 Å². The summed E-state index contributed by atoms with van der Waals surface area (Å²) in [7, 11) is 2.02. The third-order valence-electron chi connectivity index (χ3n) is 2.77. The molecule has 0 amide bonds. The Bertz CT molecular complexity index is 238. The number of rotatable bonds is 1. The van der Waals surface area contributed by atoms with Gasteiger partial charge in [0.05, 0.1) is 5.25 Å². The van der Waals surface area contributed by atoms with Crippen LogP contribution in [-0.2, 0) is 9.05 Å². The van der Waals surface area contributed by atoms with Crippen LogP contribution in [0.25, 0.3) is 0 Å². The van der Waals surface area contributed by atoms with Crippen LogP contribution in [0.2, 0.25) is 0 Å². The fourth-order valence-corrected chi connectivity index (χ4v) is 4.64.